The summed E-state index contributed by atoms with van der Waals surface area (Å²) >= 11 is 0. The van der Waals surface area contributed by atoms with E-state index in [1.54, 1.807) is 33.3 Å². The number of hydrogen-bond donors (Lipinski definition) is 6. The minimum absolute atomic E-state index is 0.0587. The van der Waals surface area contributed by atoms with E-state index in [-0.39, 0.29) is 35.7 Å². The first-order valence-corrected chi connectivity index (χ1v) is 43.9. The molecule has 6 saturated heterocycles. The molecule has 7 unspecified atom stereocenters. The number of carbonyl (C=O) groups is 7. The van der Waals surface area contributed by atoms with Crippen molar-refractivity contribution in [3.8, 4) is 67.3 Å². The van der Waals surface area contributed by atoms with E-state index in [1.807, 2.05) is 59.6 Å². The van der Waals surface area contributed by atoms with E-state index >= 15 is 4.79 Å². The minimum Gasteiger partial charge on any atom is -0.453 e. The summed E-state index contributed by atoms with van der Waals surface area (Å²) in [7, 11) is 3.79. The van der Waals surface area contributed by atoms with Gasteiger partial charge in [-0.25, -0.2) is 39.1 Å². The Morgan fingerprint density at radius 1 is 0.392 bits per heavy atom. The lowest BCUT2D eigenvalue weighted by atomic mass is 9.90. The number of rotatable bonds is 19. The number of carbonyl (C=O) groups excluding carboxylic acids is 7. The van der Waals surface area contributed by atoms with Gasteiger partial charge in [-0.15, -0.1) is 5.06 Å². The van der Waals surface area contributed by atoms with E-state index in [9.17, 15) is 28.8 Å². The van der Waals surface area contributed by atoms with Gasteiger partial charge in [-0.05, 0) is 185 Å². The summed E-state index contributed by atoms with van der Waals surface area (Å²) in [5.74, 6) is 2.97. The number of ether oxygens (including phenoxy) is 5. The second-order valence-electron chi connectivity index (χ2n) is 34.4. The number of nitrogens with one attached hydrogen (secondary N) is 6. The standard InChI is InChI=1S/C89H93N15O13.2C4H10/c1-112-86(108)98-76(57-11-5-4-6-12-57)83(105)100-37-8-14-73(100)80-92-51-70(96-80)66-31-29-62-45-60(25-27-64(62)47-66)54-19-23-56(24-20-54)69-50-91-81(95-69)74-15-9-39-102(74)85(107)78(59-35-43-116-44-36-59)104(89(111)114-3)117-88(110)103-40-10-16-75(103)82-93-52-71(97-82)67-32-30-63-46-61(26-28-65(63)48-67)53-17-21-55(22-18-53)68-49-90-79(94-68)72-13-7-38-101(72)84(106)77(99-87(109)113-2)58-33-41-115-42-34-58;2*1-4(2)3/h4-6,11-12,17-32,45-52,58-59,72-78H,7-10,13-16,33-44H2,1-3H3,(H,90,94)(H,91,95)(H,92,96)(H,93,97)(H,98,108)(H,99,109);2*4H,1-3H3. The van der Waals surface area contributed by atoms with E-state index < -0.39 is 60.5 Å². The van der Waals surface area contributed by atoms with Crippen LogP contribution in [-0.2, 0) is 42.9 Å². The van der Waals surface area contributed by atoms with Crippen molar-refractivity contribution < 1.29 is 62.1 Å². The van der Waals surface area contributed by atoms with E-state index in [0.29, 0.717) is 133 Å². The Hall–Kier alpha value is -12.7. The monoisotopic (exact) mass is 1700 g/mol. The van der Waals surface area contributed by atoms with Crippen LogP contribution in [0.25, 0.3) is 88.8 Å². The molecule has 0 radical (unpaired) electrons. The van der Waals surface area contributed by atoms with Gasteiger partial charge < -0.3 is 73.8 Å². The third-order valence-electron chi connectivity index (χ3n) is 24.1. The number of H-pyrrole nitrogens is 4. The number of aromatic nitrogens is 8. The Balaban J connectivity index is 0.00000145. The zero-order valence-electron chi connectivity index (χ0n) is 72.6. The molecule has 6 fully saturated rings. The van der Waals surface area contributed by atoms with Crippen LogP contribution >= 0.6 is 0 Å². The van der Waals surface area contributed by atoms with Crippen molar-refractivity contribution in [1.82, 2.24) is 75.2 Å². The summed E-state index contributed by atoms with van der Waals surface area (Å²) in [5, 5.41) is 10.6. The van der Waals surface area contributed by atoms with Gasteiger partial charge in [-0.3, -0.25) is 19.3 Å². The van der Waals surface area contributed by atoms with Gasteiger partial charge in [0.1, 0.15) is 35.4 Å². The molecule has 6 N–H and O–H groups in total. The molecule has 7 amide bonds. The summed E-state index contributed by atoms with van der Waals surface area (Å²) in [6, 6.07) is 46.5. The number of imidazole rings is 4. The van der Waals surface area contributed by atoms with Gasteiger partial charge in [0, 0.05) is 63.7 Å². The summed E-state index contributed by atoms with van der Waals surface area (Å²) < 4.78 is 26.5. The van der Waals surface area contributed by atoms with Gasteiger partial charge in [0.25, 0.3) is 5.91 Å². The Morgan fingerprint density at radius 3 is 1.15 bits per heavy atom. The van der Waals surface area contributed by atoms with Crippen molar-refractivity contribution in [2.24, 2.45) is 23.7 Å². The van der Waals surface area contributed by atoms with Crippen LogP contribution in [0.3, 0.4) is 0 Å². The third-order valence-corrected chi connectivity index (χ3v) is 24.1. The number of hydroxylamine groups is 2. The summed E-state index contributed by atoms with van der Waals surface area (Å²) in [4.78, 5) is 144. The Kier molecular flexibility index (Phi) is 27.8. The summed E-state index contributed by atoms with van der Waals surface area (Å²) in [6.07, 6.45) is 11.9. The van der Waals surface area contributed by atoms with Crippen LogP contribution in [0.15, 0.2) is 176 Å². The van der Waals surface area contributed by atoms with Gasteiger partial charge in [0.05, 0.1) is 93.1 Å². The van der Waals surface area contributed by atoms with Crippen molar-refractivity contribution in [3.05, 3.63) is 205 Å². The SMILES string of the molecule is CC(C)C.CC(C)C.COC(=O)NC(C(=O)N1CCCC1c1ncc(-c2ccc3cc(-c4ccc(-c5cnc(C6CCCN6C(=O)C(C6CCOCC6)N(OC(=O)N6CCCC6c6ncc(-c7ccc8cc(-c9ccc(-c%10cnc(C%11CCCN%11C(=O)C(NC(=O)OC)C%11CCOCC%11)[nH]%10)cc9)ccc8c7)[nH]6)C(=O)OC)[nH]5)cc4)ccc3c2)[nH]1)c1ccccc1. The highest BCUT2D eigenvalue weighted by Gasteiger charge is 2.48. The normalized spacial score (nSPS) is 18.7. The fourth-order valence-corrected chi connectivity index (χ4v) is 17.9. The first-order valence-electron chi connectivity index (χ1n) is 43.9. The third kappa shape index (κ3) is 20.1. The number of methoxy groups -OCH3 is 3. The van der Waals surface area contributed by atoms with Crippen LogP contribution in [0.2, 0.25) is 0 Å². The van der Waals surface area contributed by atoms with Gasteiger partial charge in [0.15, 0.2) is 6.04 Å². The average Bonchev–Trinajstić information content (AvgIpc) is 1.71. The van der Waals surface area contributed by atoms with Crippen LogP contribution in [0, 0.1) is 23.7 Å². The molecule has 11 aromatic rings. The van der Waals surface area contributed by atoms with Gasteiger partial charge in [-0.2, -0.15) is 0 Å². The first kappa shape index (κ1) is 87.2. The molecule has 0 spiro atoms. The predicted molar refractivity (Wildman–Crippen MR) is 476 cm³/mol. The number of fused-ring (bicyclic) bond motifs is 2. The van der Waals surface area contributed by atoms with Crippen LogP contribution in [0.4, 0.5) is 19.2 Å². The molecule has 4 aromatic heterocycles. The lowest BCUT2D eigenvalue weighted by Crippen LogP contribution is -2.56. The topological polar surface area (TPSA) is 330 Å². The zero-order chi connectivity index (χ0) is 87.4. The molecular weight excluding hydrogens is 1580 g/mol. The number of aromatic amines is 4. The van der Waals surface area contributed by atoms with Crippen LogP contribution in [-0.4, -0.2) is 193 Å². The maximum atomic E-state index is 15.5. The summed E-state index contributed by atoms with van der Waals surface area (Å²) in [5.41, 5.74) is 11.7. The molecule has 28 heteroatoms. The fraction of sp³-hybridized carbons (Fsp3) is 0.412. The van der Waals surface area contributed by atoms with Crippen molar-refractivity contribution in [2.45, 2.75) is 161 Å². The Bertz CT molecular complexity index is 5570. The molecule has 0 aliphatic carbocycles. The van der Waals surface area contributed by atoms with Crippen LogP contribution in [0.1, 0.15) is 178 Å². The molecule has 7 atom stereocenters. The molecule has 6 aliphatic rings. The van der Waals surface area contributed by atoms with Crippen molar-refractivity contribution >= 4 is 63.6 Å². The van der Waals surface area contributed by atoms with Gasteiger partial charge in [0.2, 0.25) is 11.8 Å². The second-order valence-corrected chi connectivity index (χ2v) is 34.4. The van der Waals surface area contributed by atoms with E-state index in [2.05, 4.69) is 175 Å². The number of alkyl carbamates (subject to hydrolysis) is 2. The first-order chi connectivity index (χ1) is 60.7. The smallest absolute Gasteiger partial charge is 0.443 e. The molecule has 17 rings (SSSR count). The Morgan fingerprint density at radius 2 is 0.736 bits per heavy atom. The maximum absolute atomic E-state index is 15.5. The van der Waals surface area contributed by atoms with E-state index in [1.165, 1.54) is 21.3 Å². The van der Waals surface area contributed by atoms with Crippen LogP contribution < -0.4 is 10.6 Å². The molecule has 10 heterocycles. The lowest BCUT2D eigenvalue weighted by Gasteiger charge is -2.38. The van der Waals surface area contributed by atoms with Gasteiger partial charge in [-0.1, -0.05) is 169 Å². The number of hydrogen-bond acceptors (Lipinski definition) is 17. The molecule has 6 aliphatic heterocycles. The highest BCUT2D eigenvalue weighted by atomic mass is 16.8. The average molecular weight is 1700 g/mol. The molecule has 654 valence electrons. The second kappa shape index (κ2) is 39.9. The molecule has 7 aromatic carbocycles. The minimum atomic E-state index is -1.23. The molecule has 125 heavy (non-hydrogen) atoms. The van der Waals surface area contributed by atoms with Crippen LogP contribution in [0.5, 0.6) is 0 Å². The Labute approximate surface area is 728 Å². The largest absolute Gasteiger partial charge is 0.453 e. The molecular formula is C97H113N15O13. The lowest BCUT2D eigenvalue weighted by molar-refractivity contribution is -0.168. The van der Waals surface area contributed by atoms with Crippen molar-refractivity contribution in [1.29, 1.82) is 0 Å². The number of amides is 7. The predicted octanol–water partition coefficient (Wildman–Crippen LogP) is 18.2. The van der Waals surface area contributed by atoms with E-state index in [0.717, 1.165) is 131 Å². The molecule has 28 nitrogen and oxygen atoms in total. The number of nitrogens with zero attached hydrogens (tertiary/aromatic N) is 9. The zero-order valence-corrected chi connectivity index (χ0v) is 72.6. The van der Waals surface area contributed by atoms with Gasteiger partial charge >= 0.3 is 24.4 Å². The fourth-order valence-electron chi connectivity index (χ4n) is 17.9. The molecule has 0 saturated carbocycles. The number of benzene rings is 7. The quantitative estimate of drug-likeness (QED) is 0.0323. The maximum Gasteiger partial charge on any atom is 0.443 e. The van der Waals surface area contributed by atoms with Crippen molar-refractivity contribution in [2.75, 3.05) is 73.9 Å². The summed E-state index contributed by atoms with van der Waals surface area (Å²) in [6.45, 7) is 16.6. The molecule has 0 bridgehead atoms. The highest BCUT2D eigenvalue weighted by molar-refractivity contribution is 5.94. The number of likely N-dealkylation sites (tertiary alicyclic amines) is 4. The van der Waals surface area contributed by atoms with E-state index in [4.69, 9.17) is 48.5 Å². The van der Waals surface area contributed by atoms with Crippen molar-refractivity contribution in [3.63, 3.8) is 0 Å². The highest BCUT2D eigenvalue weighted by Crippen LogP contribution is 2.42.